The van der Waals surface area contributed by atoms with Gasteiger partial charge in [-0.25, -0.2) is 0 Å². The van der Waals surface area contributed by atoms with E-state index >= 15 is 0 Å². The molecule has 4 rings (SSSR count). The molecule has 0 aromatic heterocycles. The van der Waals surface area contributed by atoms with Crippen LogP contribution in [0.5, 0.6) is 0 Å². The zero-order chi connectivity index (χ0) is 29.3. The highest BCUT2D eigenvalue weighted by Gasteiger charge is 2.60. The van der Waals surface area contributed by atoms with E-state index in [0.717, 1.165) is 87.7 Å². The van der Waals surface area contributed by atoms with Crippen molar-refractivity contribution in [1.29, 1.82) is 0 Å². The first kappa shape index (κ1) is 33.2. The SMILES string of the molecule is COC(=O)CC[C@@H](C)[C@H]1CC[C@H]2[C@@H]3CC[C@H]4C[C@@H](NCCCNCCCCNCCCN)CC[C@]4(C)[C@H]3CC[C@]12C. The van der Waals surface area contributed by atoms with Crippen molar-refractivity contribution in [2.45, 2.75) is 123 Å². The smallest absolute Gasteiger partial charge is 0.305 e. The highest BCUT2D eigenvalue weighted by atomic mass is 16.5. The largest absolute Gasteiger partial charge is 0.469 e. The fraction of sp³-hybridized carbons (Fsp3) is 0.971. The quantitative estimate of drug-likeness (QED) is 0.128. The number of ether oxygens (including phenoxy) is 1. The lowest BCUT2D eigenvalue weighted by molar-refractivity contribution is -0.141. The average Bonchev–Trinajstić information content (AvgIpc) is 3.33. The molecule has 5 N–H and O–H groups in total. The van der Waals surface area contributed by atoms with Gasteiger partial charge in [0.05, 0.1) is 7.11 Å². The Balaban J connectivity index is 1.16. The van der Waals surface area contributed by atoms with E-state index in [0.29, 0.717) is 23.2 Å². The van der Waals surface area contributed by atoms with Gasteiger partial charge in [-0.15, -0.1) is 0 Å². The molecule has 0 aliphatic heterocycles. The van der Waals surface area contributed by atoms with Crippen LogP contribution in [-0.2, 0) is 9.53 Å². The van der Waals surface area contributed by atoms with E-state index < -0.39 is 0 Å². The summed E-state index contributed by atoms with van der Waals surface area (Å²) in [6, 6.07) is 0.726. The molecule has 4 saturated carbocycles. The van der Waals surface area contributed by atoms with Crippen LogP contribution in [0.1, 0.15) is 117 Å². The number of rotatable bonds is 17. The Morgan fingerprint density at radius 2 is 1.54 bits per heavy atom. The summed E-state index contributed by atoms with van der Waals surface area (Å²) in [7, 11) is 1.52. The third-order valence-corrected chi connectivity index (χ3v) is 12.9. The molecule has 0 heterocycles. The van der Waals surface area contributed by atoms with Gasteiger partial charge in [0.15, 0.2) is 0 Å². The maximum atomic E-state index is 11.8. The summed E-state index contributed by atoms with van der Waals surface area (Å²) >= 11 is 0. The van der Waals surface area contributed by atoms with Crippen molar-refractivity contribution in [2.75, 3.05) is 46.4 Å². The molecule has 0 spiro atoms. The predicted molar refractivity (Wildman–Crippen MR) is 171 cm³/mol. The monoisotopic (exact) mass is 575 g/mol. The lowest BCUT2D eigenvalue weighted by Crippen LogP contribution is -2.55. The van der Waals surface area contributed by atoms with Gasteiger partial charge in [0.2, 0.25) is 0 Å². The number of nitrogens with one attached hydrogen (secondary N) is 3. The van der Waals surface area contributed by atoms with E-state index in [1.54, 1.807) is 0 Å². The van der Waals surface area contributed by atoms with Crippen molar-refractivity contribution in [3.8, 4) is 0 Å². The lowest BCUT2D eigenvalue weighted by Gasteiger charge is -2.61. The zero-order valence-electron chi connectivity index (χ0n) is 27.3. The Morgan fingerprint density at radius 3 is 2.27 bits per heavy atom. The molecular formula is C35H66N4O2. The molecule has 0 saturated heterocycles. The van der Waals surface area contributed by atoms with Gasteiger partial charge >= 0.3 is 5.97 Å². The molecule has 0 unspecified atom stereocenters. The van der Waals surface area contributed by atoms with Crippen LogP contribution in [0.3, 0.4) is 0 Å². The molecular weight excluding hydrogens is 508 g/mol. The van der Waals surface area contributed by atoms with E-state index in [1.165, 1.54) is 84.2 Å². The van der Waals surface area contributed by atoms with Crippen LogP contribution in [0.25, 0.3) is 0 Å². The molecule has 41 heavy (non-hydrogen) atoms. The number of methoxy groups -OCH3 is 1. The molecule has 9 atom stereocenters. The lowest BCUT2D eigenvalue weighted by atomic mass is 9.44. The van der Waals surface area contributed by atoms with E-state index in [2.05, 4.69) is 36.7 Å². The van der Waals surface area contributed by atoms with Gasteiger partial charge in [-0.2, -0.15) is 0 Å². The van der Waals surface area contributed by atoms with Gasteiger partial charge in [-0.1, -0.05) is 20.8 Å². The van der Waals surface area contributed by atoms with Crippen LogP contribution in [0.15, 0.2) is 0 Å². The molecule has 4 aliphatic carbocycles. The number of esters is 1. The Bertz CT molecular complexity index is 794. The summed E-state index contributed by atoms with van der Waals surface area (Å²) < 4.78 is 4.94. The molecule has 4 aliphatic rings. The molecule has 4 fully saturated rings. The summed E-state index contributed by atoms with van der Waals surface area (Å²) in [4.78, 5) is 11.8. The van der Waals surface area contributed by atoms with E-state index in [9.17, 15) is 4.79 Å². The second-order valence-electron chi connectivity index (χ2n) is 15.1. The van der Waals surface area contributed by atoms with Crippen LogP contribution >= 0.6 is 0 Å². The average molecular weight is 575 g/mol. The first-order chi connectivity index (χ1) is 19.8. The summed E-state index contributed by atoms with van der Waals surface area (Å²) in [5.41, 5.74) is 6.57. The zero-order valence-corrected chi connectivity index (χ0v) is 27.3. The first-order valence-electron chi connectivity index (χ1n) is 17.7. The molecule has 0 aromatic rings. The molecule has 238 valence electrons. The van der Waals surface area contributed by atoms with Gasteiger partial charge in [0, 0.05) is 12.5 Å². The van der Waals surface area contributed by atoms with Crippen LogP contribution in [0, 0.1) is 46.3 Å². The van der Waals surface area contributed by atoms with Crippen LogP contribution in [-0.4, -0.2) is 58.4 Å². The van der Waals surface area contributed by atoms with Crippen molar-refractivity contribution in [2.24, 2.45) is 52.1 Å². The summed E-state index contributed by atoms with van der Waals surface area (Å²) in [5, 5.41) is 11.1. The maximum Gasteiger partial charge on any atom is 0.305 e. The van der Waals surface area contributed by atoms with E-state index in [-0.39, 0.29) is 5.97 Å². The molecule has 0 radical (unpaired) electrons. The number of carbonyl (C=O) groups excluding carboxylic acids is 1. The van der Waals surface area contributed by atoms with Crippen LogP contribution < -0.4 is 21.7 Å². The topological polar surface area (TPSA) is 88.4 Å². The Labute approximate surface area is 252 Å². The summed E-state index contributed by atoms with van der Waals surface area (Å²) in [6.07, 6.45) is 19.2. The van der Waals surface area contributed by atoms with E-state index in [1.807, 2.05) is 0 Å². The fourth-order valence-electron chi connectivity index (χ4n) is 10.6. The molecule has 6 nitrogen and oxygen atoms in total. The standard InChI is InChI=1S/C35H66N4O2/c1-26(9-14-33(40)41-4)30-12-13-31-29-11-10-27-25-28(15-17-34(27,2)32(29)16-18-35(30,31)3)39-24-8-23-38-21-6-5-20-37-22-7-19-36/h26-32,37-39H,5-25,36H2,1-4H3/t26-,27+,28+,29+,30-,31+,32+,34+,35-/m1/s1. The van der Waals surface area contributed by atoms with Gasteiger partial charge < -0.3 is 26.4 Å². The summed E-state index contributed by atoms with van der Waals surface area (Å²) in [5.74, 6) is 5.05. The highest BCUT2D eigenvalue weighted by Crippen LogP contribution is 2.68. The highest BCUT2D eigenvalue weighted by molar-refractivity contribution is 5.69. The fourth-order valence-corrected chi connectivity index (χ4v) is 10.6. The van der Waals surface area contributed by atoms with Gasteiger partial charge in [0.25, 0.3) is 0 Å². The minimum atomic E-state index is -0.0398. The molecule has 0 amide bonds. The Morgan fingerprint density at radius 1 is 0.854 bits per heavy atom. The van der Waals surface area contributed by atoms with Crippen LogP contribution in [0.4, 0.5) is 0 Å². The maximum absolute atomic E-state index is 11.8. The predicted octanol–water partition coefficient (Wildman–Crippen LogP) is 5.89. The van der Waals surface area contributed by atoms with Crippen molar-refractivity contribution < 1.29 is 9.53 Å². The van der Waals surface area contributed by atoms with Crippen molar-refractivity contribution in [1.82, 2.24) is 16.0 Å². The number of nitrogens with two attached hydrogens (primary N) is 1. The molecule has 6 heteroatoms. The third-order valence-electron chi connectivity index (χ3n) is 12.9. The second-order valence-corrected chi connectivity index (χ2v) is 15.1. The number of hydrogen-bond donors (Lipinski definition) is 4. The van der Waals surface area contributed by atoms with Gasteiger partial charge in [0.1, 0.15) is 0 Å². The van der Waals surface area contributed by atoms with Crippen LogP contribution in [0.2, 0.25) is 0 Å². The number of carbonyl (C=O) groups is 1. The summed E-state index contributed by atoms with van der Waals surface area (Å²) in [6.45, 7) is 14.1. The van der Waals surface area contributed by atoms with E-state index in [4.69, 9.17) is 10.5 Å². The van der Waals surface area contributed by atoms with Gasteiger partial charge in [-0.05, 0) is 175 Å². The van der Waals surface area contributed by atoms with Gasteiger partial charge in [-0.3, -0.25) is 4.79 Å². The molecule has 0 aromatic carbocycles. The number of fused-ring (bicyclic) bond motifs is 5. The van der Waals surface area contributed by atoms with Crippen molar-refractivity contribution >= 4 is 5.97 Å². The van der Waals surface area contributed by atoms with Crippen molar-refractivity contribution in [3.63, 3.8) is 0 Å². The second kappa shape index (κ2) is 15.9. The first-order valence-corrected chi connectivity index (χ1v) is 17.7. The third kappa shape index (κ3) is 8.08. The number of unbranched alkanes of at least 4 members (excludes halogenated alkanes) is 1. The Hall–Kier alpha value is -0.690. The minimum absolute atomic E-state index is 0.0398. The Kier molecular flexibility index (Phi) is 12.8. The minimum Gasteiger partial charge on any atom is -0.469 e. The van der Waals surface area contributed by atoms with Crippen molar-refractivity contribution in [3.05, 3.63) is 0 Å². The molecule has 0 bridgehead atoms. The number of hydrogen-bond acceptors (Lipinski definition) is 6. The normalized spacial score (nSPS) is 37.2.